The van der Waals surface area contributed by atoms with Crippen molar-refractivity contribution in [2.45, 2.75) is 70.0 Å². The molecule has 2 heterocycles. The highest BCUT2D eigenvalue weighted by atomic mass is 16.2. The zero-order chi connectivity index (χ0) is 18.4. The zero-order valence-corrected chi connectivity index (χ0v) is 16.1. The van der Waals surface area contributed by atoms with E-state index >= 15 is 0 Å². The second kappa shape index (κ2) is 6.76. The van der Waals surface area contributed by atoms with Crippen LogP contribution in [0.25, 0.3) is 0 Å². The Kier molecular flexibility index (Phi) is 4.37. The number of nitrogens with one attached hydrogen (secondary N) is 1. The van der Waals surface area contributed by atoms with Crippen LogP contribution < -0.4 is 11.1 Å². The topological polar surface area (TPSA) is 89.1 Å². The van der Waals surface area contributed by atoms with Crippen LogP contribution in [0.15, 0.2) is 6.20 Å². The van der Waals surface area contributed by atoms with E-state index in [1.54, 1.807) is 0 Å². The third-order valence-electron chi connectivity index (χ3n) is 7.46. The number of likely N-dealkylation sites (tertiary alicyclic amines) is 1. The minimum absolute atomic E-state index is 0.0979. The molecule has 4 aliphatic carbocycles. The number of carbonyl (C=O) groups excluding carboxylic acids is 1. The lowest BCUT2D eigenvalue weighted by molar-refractivity contribution is -0.0164. The minimum Gasteiger partial charge on any atom is -0.333 e. The van der Waals surface area contributed by atoms with Gasteiger partial charge in [0.25, 0.3) is 0 Å². The molecule has 0 radical (unpaired) electrons. The third kappa shape index (κ3) is 3.46. The molecule has 1 atom stereocenters. The lowest BCUT2D eigenvalue weighted by Gasteiger charge is -2.57. The fourth-order valence-corrected chi connectivity index (χ4v) is 6.75. The summed E-state index contributed by atoms with van der Waals surface area (Å²) in [6.07, 6.45) is 12.0. The molecule has 6 rings (SSSR count). The Bertz CT molecular complexity index is 665. The average Bonchev–Trinajstić information content (AvgIpc) is 3.08. The Balaban J connectivity index is 1.20. The van der Waals surface area contributed by atoms with Crippen LogP contribution >= 0.6 is 0 Å². The molecule has 3 N–H and O–H groups in total. The van der Waals surface area contributed by atoms with Gasteiger partial charge in [0.15, 0.2) is 0 Å². The molecule has 0 aromatic carbocycles. The van der Waals surface area contributed by atoms with Crippen LogP contribution in [0.5, 0.6) is 0 Å². The van der Waals surface area contributed by atoms with Crippen LogP contribution in [0.1, 0.15) is 57.1 Å². The first-order valence-corrected chi connectivity index (χ1v) is 10.8. The molecular formula is C20H32N6O. The molecule has 148 valence electrons. The van der Waals surface area contributed by atoms with E-state index in [1.807, 2.05) is 15.8 Å². The molecule has 1 aromatic rings. The molecular weight excluding hydrogens is 340 g/mol. The van der Waals surface area contributed by atoms with Gasteiger partial charge in [-0.1, -0.05) is 5.21 Å². The van der Waals surface area contributed by atoms with Crippen molar-refractivity contribution in [2.24, 2.45) is 29.4 Å². The monoisotopic (exact) mass is 372 g/mol. The summed E-state index contributed by atoms with van der Waals surface area (Å²) in [5.41, 5.74) is 6.54. The molecule has 1 aliphatic heterocycles. The fraction of sp³-hybridized carbons (Fsp3) is 0.850. The molecule has 5 aliphatic rings. The fourth-order valence-electron chi connectivity index (χ4n) is 6.75. The Morgan fingerprint density at radius 2 is 1.93 bits per heavy atom. The van der Waals surface area contributed by atoms with Crippen LogP contribution in [-0.2, 0) is 13.1 Å². The molecule has 5 fully saturated rings. The maximum Gasteiger partial charge on any atom is 0.317 e. The summed E-state index contributed by atoms with van der Waals surface area (Å²) in [6, 6.07) is 0.169. The molecule has 4 saturated carbocycles. The zero-order valence-electron chi connectivity index (χ0n) is 16.1. The van der Waals surface area contributed by atoms with Crippen LogP contribution in [0.3, 0.4) is 0 Å². The number of nitrogens with two attached hydrogens (primary N) is 1. The predicted molar refractivity (Wildman–Crippen MR) is 102 cm³/mol. The Morgan fingerprint density at radius 3 is 2.56 bits per heavy atom. The van der Waals surface area contributed by atoms with E-state index in [0.717, 1.165) is 55.9 Å². The van der Waals surface area contributed by atoms with Gasteiger partial charge < -0.3 is 16.0 Å². The number of amides is 2. The van der Waals surface area contributed by atoms with E-state index in [9.17, 15) is 4.79 Å². The van der Waals surface area contributed by atoms with Crippen molar-refractivity contribution in [3.05, 3.63) is 11.9 Å². The first-order chi connectivity index (χ1) is 13.1. The molecule has 7 heteroatoms. The second-order valence-electron chi connectivity index (χ2n) is 9.72. The summed E-state index contributed by atoms with van der Waals surface area (Å²) in [4.78, 5) is 15.1. The normalized spacial score (nSPS) is 37.6. The van der Waals surface area contributed by atoms with E-state index in [0.29, 0.717) is 12.5 Å². The van der Waals surface area contributed by atoms with Crippen molar-refractivity contribution in [3.63, 3.8) is 0 Å². The summed E-state index contributed by atoms with van der Waals surface area (Å²) in [6.45, 7) is 2.93. The van der Waals surface area contributed by atoms with Gasteiger partial charge in [-0.15, -0.1) is 5.10 Å². The summed E-state index contributed by atoms with van der Waals surface area (Å²) in [5, 5.41) is 11.8. The molecule has 27 heavy (non-hydrogen) atoms. The van der Waals surface area contributed by atoms with E-state index in [4.69, 9.17) is 5.73 Å². The van der Waals surface area contributed by atoms with Gasteiger partial charge in [-0.3, -0.25) is 4.68 Å². The first kappa shape index (κ1) is 17.5. The lowest BCUT2D eigenvalue weighted by atomic mass is 9.53. The van der Waals surface area contributed by atoms with Crippen molar-refractivity contribution < 1.29 is 4.79 Å². The van der Waals surface area contributed by atoms with E-state index in [2.05, 4.69) is 15.6 Å². The van der Waals surface area contributed by atoms with Gasteiger partial charge in [0.1, 0.15) is 0 Å². The van der Waals surface area contributed by atoms with E-state index in [-0.39, 0.29) is 11.6 Å². The third-order valence-corrected chi connectivity index (χ3v) is 7.46. The van der Waals surface area contributed by atoms with Crippen molar-refractivity contribution >= 4 is 6.03 Å². The van der Waals surface area contributed by atoms with Gasteiger partial charge in [0.2, 0.25) is 0 Å². The van der Waals surface area contributed by atoms with Crippen molar-refractivity contribution in [1.82, 2.24) is 25.2 Å². The van der Waals surface area contributed by atoms with Gasteiger partial charge in [-0.2, -0.15) is 0 Å². The minimum atomic E-state index is 0.0979. The number of rotatable bonds is 4. The van der Waals surface area contributed by atoms with Gasteiger partial charge in [0.05, 0.1) is 5.69 Å². The molecule has 0 spiro atoms. The smallest absolute Gasteiger partial charge is 0.317 e. The number of nitrogens with zero attached hydrogens (tertiary/aromatic N) is 4. The SMILES string of the molecule is NCc1cn(CC2CCCN(C(=O)NC34CC5CC(CC(C5)C3)C4)C2)nn1. The molecule has 2 amide bonds. The maximum atomic E-state index is 13.1. The highest BCUT2D eigenvalue weighted by Gasteiger charge is 2.51. The quantitative estimate of drug-likeness (QED) is 0.847. The van der Waals surface area contributed by atoms with Gasteiger partial charge in [0, 0.05) is 37.9 Å². The van der Waals surface area contributed by atoms with Crippen LogP contribution in [-0.4, -0.2) is 44.6 Å². The Hall–Kier alpha value is -1.63. The number of piperidine rings is 1. The lowest BCUT2D eigenvalue weighted by Crippen LogP contribution is -2.62. The van der Waals surface area contributed by atoms with Crippen molar-refractivity contribution in [1.29, 1.82) is 0 Å². The molecule has 4 bridgehead atoms. The Morgan fingerprint density at radius 1 is 1.22 bits per heavy atom. The van der Waals surface area contributed by atoms with Crippen LogP contribution in [0.4, 0.5) is 4.79 Å². The number of aromatic nitrogens is 3. The Labute approximate surface area is 161 Å². The highest BCUT2D eigenvalue weighted by Crippen LogP contribution is 2.55. The number of urea groups is 1. The molecule has 7 nitrogen and oxygen atoms in total. The summed E-state index contributed by atoms with van der Waals surface area (Å²) < 4.78 is 1.88. The summed E-state index contributed by atoms with van der Waals surface area (Å²) in [5.74, 6) is 3.01. The van der Waals surface area contributed by atoms with Gasteiger partial charge >= 0.3 is 6.03 Å². The number of hydrogen-bond donors (Lipinski definition) is 2. The molecule has 1 saturated heterocycles. The maximum absolute atomic E-state index is 13.1. The van der Waals surface area contributed by atoms with Crippen molar-refractivity contribution in [2.75, 3.05) is 13.1 Å². The van der Waals surface area contributed by atoms with Crippen LogP contribution in [0.2, 0.25) is 0 Å². The van der Waals surface area contributed by atoms with E-state index in [1.165, 1.54) is 38.5 Å². The van der Waals surface area contributed by atoms with Gasteiger partial charge in [-0.05, 0) is 75.0 Å². The van der Waals surface area contributed by atoms with E-state index < -0.39 is 0 Å². The summed E-state index contributed by atoms with van der Waals surface area (Å²) in [7, 11) is 0. The molecule has 1 unspecified atom stereocenters. The predicted octanol–water partition coefficient (Wildman–Crippen LogP) is 2.13. The number of carbonyl (C=O) groups is 1. The van der Waals surface area contributed by atoms with Crippen molar-refractivity contribution in [3.8, 4) is 0 Å². The van der Waals surface area contributed by atoms with Gasteiger partial charge in [-0.25, -0.2) is 4.79 Å². The summed E-state index contributed by atoms with van der Waals surface area (Å²) >= 11 is 0. The first-order valence-electron chi connectivity index (χ1n) is 10.8. The average molecular weight is 373 g/mol. The highest BCUT2D eigenvalue weighted by molar-refractivity contribution is 5.75. The molecule has 1 aromatic heterocycles. The standard InChI is InChI=1S/C20H32N6O/c21-10-18-13-26(24-23-18)12-14-2-1-3-25(11-14)19(27)22-20-7-15-4-16(8-20)6-17(5-15)9-20/h13-17H,1-12,21H2,(H,22,27). The second-order valence-corrected chi connectivity index (χ2v) is 9.72. The largest absolute Gasteiger partial charge is 0.333 e. The number of hydrogen-bond acceptors (Lipinski definition) is 4. The van der Waals surface area contributed by atoms with Crippen LogP contribution in [0, 0.1) is 23.7 Å².